The van der Waals surface area contributed by atoms with Crippen molar-refractivity contribution >= 4 is 15.9 Å². The summed E-state index contributed by atoms with van der Waals surface area (Å²) in [5, 5.41) is 11.7. The fourth-order valence-electron chi connectivity index (χ4n) is 4.24. The lowest BCUT2D eigenvalue weighted by molar-refractivity contribution is -0.0838. The first-order valence-corrected chi connectivity index (χ1v) is 9.51. The fourth-order valence-corrected chi connectivity index (χ4v) is 4.50. The Balaban J connectivity index is 2.03. The van der Waals surface area contributed by atoms with Gasteiger partial charge in [-0.25, -0.2) is 0 Å². The van der Waals surface area contributed by atoms with Crippen LogP contribution in [0.25, 0.3) is 0 Å². The summed E-state index contributed by atoms with van der Waals surface area (Å²) < 4.78 is 1.05. The predicted octanol–water partition coefficient (Wildman–Crippen LogP) is 5.13. The molecule has 1 fully saturated rings. The molecular formula is C21H26BrNO. The molecule has 0 radical (unpaired) electrons. The maximum atomic E-state index is 11.7. The molecule has 1 N–H and O–H groups in total. The average Bonchev–Trinajstić information content (AvgIpc) is 2.58. The van der Waals surface area contributed by atoms with E-state index in [9.17, 15) is 5.11 Å². The molecule has 3 unspecified atom stereocenters. The molecule has 2 nitrogen and oxygen atoms in total. The van der Waals surface area contributed by atoms with E-state index < -0.39 is 5.60 Å². The summed E-state index contributed by atoms with van der Waals surface area (Å²) in [6, 6.07) is 19.0. The van der Waals surface area contributed by atoms with Crippen LogP contribution >= 0.6 is 15.9 Å². The highest BCUT2D eigenvalue weighted by molar-refractivity contribution is 9.10. The van der Waals surface area contributed by atoms with E-state index in [1.54, 1.807) is 0 Å². The standard InChI is InChI=1S/C21H26BrNO/c1-23(2)20(16-8-4-3-5-9-16)19-10-6-7-15-21(19,24)17-11-13-18(22)14-12-17/h3-5,8-9,11-14,19-20,24H,6-7,10,15H2,1-2H3. The molecule has 1 aliphatic carbocycles. The minimum Gasteiger partial charge on any atom is -0.385 e. The third-order valence-electron chi connectivity index (χ3n) is 5.36. The number of hydrogen-bond acceptors (Lipinski definition) is 2. The quantitative estimate of drug-likeness (QED) is 0.785. The van der Waals surface area contributed by atoms with Crippen LogP contribution in [0.3, 0.4) is 0 Å². The molecular weight excluding hydrogens is 362 g/mol. The van der Waals surface area contributed by atoms with Gasteiger partial charge in [0.25, 0.3) is 0 Å². The topological polar surface area (TPSA) is 23.5 Å². The monoisotopic (exact) mass is 387 g/mol. The third-order valence-corrected chi connectivity index (χ3v) is 5.89. The van der Waals surface area contributed by atoms with E-state index in [0.717, 1.165) is 29.3 Å². The van der Waals surface area contributed by atoms with Crippen LogP contribution in [0.5, 0.6) is 0 Å². The van der Waals surface area contributed by atoms with Crippen molar-refractivity contribution in [3.05, 3.63) is 70.2 Å². The Morgan fingerprint density at radius 1 is 1.04 bits per heavy atom. The van der Waals surface area contributed by atoms with Gasteiger partial charge in [-0.15, -0.1) is 0 Å². The van der Waals surface area contributed by atoms with E-state index in [-0.39, 0.29) is 12.0 Å². The SMILES string of the molecule is CN(C)C(c1ccccc1)C1CCCCC1(O)c1ccc(Br)cc1. The smallest absolute Gasteiger partial charge is 0.0942 e. The molecule has 24 heavy (non-hydrogen) atoms. The molecule has 128 valence electrons. The van der Waals surface area contributed by atoms with Gasteiger partial charge in [-0.3, -0.25) is 0 Å². The molecule has 1 aliphatic rings. The fraction of sp³-hybridized carbons (Fsp3) is 0.429. The molecule has 0 amide bonds. The minimum absolute atomic E-state index is 0.185. The Kier molecular flexibility index (Phi) is 5.43. The number of aliphatic hydroxyl groups is 1. The van der Waals surface area contributed by atoms with Crippen molar-refractivity contribution in [1.29, 1.82) is 0 Å². The van der Waals surface area contributed by atoms with E-state index in [4.69, 9.17) is 0 Å². The first-order valence-electron chi connectivity index (χ1n) is 8.72. The van der Waals surface area contributed by atoms with Crippen molar-refractivity contribution in [3.8, 4) is 0 Å². The Morgan fingerprint density at radius 3 is 2.33 bits per heavy atom. The lowest BCUT2D eigenvalue weighted by Gasteiger charge is -2.46. The number of rotatable bonds is 4. The van der Waals surface area contributed by atoms with E-state index in [1.165, 1.54) is 12.0 Å². The first kappa shape index (κ1) is 17.7. The number of hydrogen-bond donors (Lipinski definition) is 1. The summed E-state index contributed by atoms with van der Waals surface area (Å²) in [4.78, 5) is 2.26. The first-order chi connectivity index (χ1) is 11.5. The average molecular weight is 388 g/mol. The molecule has 0 aliphatic heterocycles. The van der Waals surface area contributed by atoms with Crippen molar-refractivity contribution in [2.24, 2.45) is 5.92 Å². The molecule has 0 aromatic heterocycles. The van der Waals surface area contributed by atoms with Gasteiger partial charge in [0, 0.05) is 16.4 Å². The molecule has 3 heteroatoms. The van der Waals surface area contributed by atoms with Crippen molar-refractivity contribution in [3.63, 3.8) is 0 Å². The molecule has 3 rings (SSSR count). The Bertz CT molecular complexity index is 655. The summed E-state index contributed by atoms with van der Waals surface area (Å²) in [6.07, 6.45) is 4.14. The second kappa shape index (κ2) is 7.38. The van der Waals surface area contributed by atoms with Crippen LogP contribution < -0.4 is 0 Å². The zero-order valence-corrected chi connectivity index (χ0v) is 16.0. The van der Waals surface area contributed by atoms with Gasteiger partial charge >= 0.3 is 0 Å². The largest absolute Gasteiger partial charge is 0.385 e. The Morgan fingerprint density at radius 2 is 1.71 bits per heavy atom. The Hall–Kier alpha value is -1.16. The highest BCUT2D eigenvalue weighted by atomic mass is 79.9. The van der Waals surface area contributed by atoms with Crippen molar-refractivity contribution in [2.45, 2.75) is 37.3 Å². The Labute approximate surface area is 153 Å². The second-order valence-corrected chi connectivity index (χ2v) is 8.02. The molecule has 2 aromatic carbocycles. The molecule has 0 saturated heterocycles. The molecule has 0 bridgehead atoms. The predicted molar refractivity (Wildman–Crippen MR) is 103 cm³/mol. The van der Waals surface area contributed by atoms with Gasteiger partial charge in [0.2, 0.25) is 0 Å². The molecule has 2 aromatic rings. The molecule has 3 atom stereocenters. The molecule has 1 saturated carbocycles. The number of nitrogens with zero attached hydrogens (tertiary/aromatic N) is 1. The van der Waals surface area contributed by atoms with E-state index in [0.29, 0.717) is 0 Å². The normalized spacial score (nSPS) is 25.6. The lowest BCUT2D eigenvalue weighted by atomic mass is 9.67. The van der Waals surface area contributed by atoms with Crippen LogP contribution in [0.15, 0.2) is 59.1 Å². The van der Waals surface area contributed by atoms with Gasteiger partial charge in [0.1, 0.15) is 0 Å². The van der Waals surface area contributed by atoms with Gasteiger partial charge in [-0.2, -0.15) is 0 Å². The van der Waals surface area contributed by atoms with Gasteiger partial charge in [-0.1, -0.05) is 71.2 Å². The summed E-state index contributed by atoms with van der Waals surface area (Å²) in [5.74, 6) is 0.185. The van der Waals surface area contributed by atoms with Crippen LogP contribution in [0, 0.1) is 5.92 Å². The third kappa shape index (κ3) is 3.44. The summed E-state index contributed by atoms with van der Waals surface area (Å²) in [7, 11) is 4.24. The van der Waals surface area contributed by atoms with Crippen molar-refractivity contribution in [2.75, 3.05) is 14.1 Å². The highest BCUT2D eigenvalue weighted by Crippen LogP contribution is 2.49. The van der Waals surface area contributed by atoms with Crippen LogP contribution in [-0.4, -0.2) is 24.1 Å². The zero-order chi connectivity index (χ0) is 17.2. The van der Waals surface area contributed by atoms with E-state index in [2.05, 4.69) is 77.4 Å². The lowest BCUT2D eigenvalue weighted by Crippen LogP contribution is -2.45. The van der Waals surface area contributed by atoms with Crippen LogP contribution in [0.1, 0.15) is 42.9 Å². The maximum Gasteiger partial charge on any atom is 0.0942 e. The number of benzene rings is 2. The number of halogens is 1. The van der Waals surface area contributed by atoms with Crippen LogP contribution in [-0.2, 0) is 5.60 Å². The van der Waals surface area contributed by atoms with Gasteiger partial charge < -0.3 is 10.0 Å². The van der Waals surface area contributed by atoms with Gasteiger partial charge in [0.05, 0.1) is 5.60 Å². The van der Waals surface area contributed by atoms with Crippen molar-refractivity contribution < 1.29 is 5.11 Å². The van der Waals surface area contributed by atoms with E-state index in [1.807, 2.05) is 12.1 Å². The summed E-state index contributed by atoms with van der Waals surface area (Å²) >= 11 is 3.50. The summed E-state index contributed by atoms with van der Waals surface area (Å²) in [6.45, 7) is 0. The zero-order valence-electron chi connectivity index (χ0n) is 14.5. The van der Waals surface area contributed by atoms with Crippen molar-refractivity contribution in [1.82, 2.24) is 4.90 Å². The second-order valence-electron chi connectivity index (χ2n) is 7.10. The maximum absolute atomic E-state index is 11.7. The van der Waals surface area contributed by atoms with E-state index >= 15 is 0 Å². The minimum atomic E-state index is -0.774. The van der Waals surface area contributed by atoms with Crippen LogP contribution in [0.4, 0.5) is 0 Å². The molecule has 0 heterocycles. The van der Waals surface area contributed by atoms with Gasteiger partial charge in [0.15, 0.2) is 0 Å². The highest BCUT2D eigenvalue weighted by Gasteiger charge is 2.45. The molecule has 0 spiro atoms. The van der Waals surface area contributed by atoms with Crippen LogP contribution in [0.2, 0.25) is 0 Å². The summed E-state index contributed by atoms with van der Waals surface area (Å²) in [5.41, 5.74) is 1.55. The van der Waals surface area contributed by atoms with Gasteiger partial charge in [-0.05, 0) is 50.2 Å².